The molecule has 1 N–H and O–H groups in total. The molecule has 6 heteroatoms. The average Bonchev–Trinajstić information content (AvgIpc) is 2.68. The minimum Gasteiger partial charge on any atom is -0.444 e. The van der Waals surface area contributed by atoms with Gasteiger partial charge in [0.1, 0.15) is 11.3 Å². The summed E-state index contributed by atoms with van der Waals surface area (Å²) in [4.78, 5) is 24.3. The Kier molecular flexibility index (Phi) is 3.11. The first-order valence-corrected chi connectivity index (χ1v) is 5.90. The maximum atomic E-state index is 11.9. The van der Waals surface area contributed by atoms with Crippen molar-refractivity contribution in [3.63, 3.8) is 0 Å². The van der Waals surface area contributed by atoms with E-state index in [1.165, 1.54) is 0 Å². The van der Waals surface area contributed by atoms with Crippen molar-refractivity contribution in [2.75, 3.05) is 6.54 Å². The Bertz CT molecular complexity index is 473. The van der Waals surface area contributed by atoms with Crippen molar-refractivity contribution in [3.05, 3.63) is 17.0 Å². The highest BCUT2D eigenvalue weighted by atomic mass is 16.6. The van der Waals surface area contributed by atoms with Crippen molar-refractivity contribution >= 4 is 12.4 Å². The van der Waals surface area contributed by atoms with Crippen molar-refractivity contribution in [1.29, 1.82) is 0 Å². The van der Waals surface area contributed by atoms with E-state index in [9.17, 15) is 9.59 Å². The summed E-state index contributed by atoms with van der Waals surface area (Å²) in [6.07, 6.45) is 1.02. The van der Waals surface area contributed by atoms with Crippen LogP contribution in [-0.4, -0.2) is 39.6 Å². The Morgan fingerprint density at radius 2 is 2.22 bits per heavy atom. The molecule has 1 amide bonds. The van der Waals surface area contributed by atoms with Gasteiger partial charge in [-0.3, -0.25) is 9.89 Å². The van der Waals surface area contributed by atoms with E-state index in [2.05, 4.69) is 10.2 Å². The Morgan fingerprint density at radius 3 is 2.83 bits per heavy atom. The lowest BCUT2D eigenvalue weighted by atomic mass is 10.1. The van der Waals surface area contributed by atoms with Crippen molar-refractivity contribution in [2.45, 2.75) is 39.3 Å². The van der Waals surface area contributed by atoms with Crippen LogP contribution < -0.4 is 0 Å². The molecule has 2 heterocycles. The lowest BCUT2D eigenvalue weighted by molar-refractivity contribution is 0.0221. The standard InChI is InChI=1S/C12H17N3O3/c1-12(2,3)18-11(17)15-5-4-8-9(6-15)13-14-10(8)7-16/h7H,4-6H2,1-3H3,(H,13,14). The Balaban J connectivity index is 2.08. The van der Waals surface area contributed by atoms with Crippen LogP contribution in [-0.2, 0) is 17.7 Å². The van der Waals surface area contributed by atoms with E-state index in [-0.39, 0.29) is 6.09 Å². The second-order valence-electron chi connectivity index (χ2n) is 5.34. The Labute approximate surface area is 105 Å². The lowest BCUT2D eigenvalue weighted by Crippen LogP contribution is -2.39. The molecule has 0 saturated heterocycles. The second kappa shape index (κ2) is 4.44. The van der Waals surface area contributed by atoms with Gasteiger partial charge >= 0.3 is 6.09 Å². The summed E-state index contributed by atoms with van der Waals surface area (Å²) in [7, 11) is 0. The van der Waals surface area contributed by atoms with E-state index >= 15 is 0 Å². The second-order valence-corrected chi connectivity index (χ2v) is 5.34. The number of amides is 1. The molecule has 0 aromatic carbocycles. The number of H-pyrrole nitrogens is 1. The van der Waals surface area contributed by atoms with E-state index in [1.807, 2.05) is 20.8 Å². The van der Waals surface area contributed by atoms with Gasteiger partial charge in [-0.2, -0.15) is 5.10 Å². The van der Waals surface area contributed by atoms with Crippen LogP contribution in [0.4, 0.5) is 4.79 Å². The third kappa shape index (κ3) is 2.52. The van der Waals surface area contributed by atoms with Gasteiger partial charge in [0.15, 0.2) is 6.29 Å². The van der Waals surface area contributed by atoms with Gasteiger partial charge in [0.2, 0.25) is 0 Å². The van der Waals surface area contributed by atoms with E-state index in [4.69, 9.17) is 4.74 Å². The summed E-state index contributed by atoms with van der Waals surface area (Å²) in [5.41, 5.74) is 1.66. The SMILES string of the molecule is CC(C)(C)OC(=O)N1CCc2c(C=O)n[nH]c2C1. The zero-order valence-electron chi connectivity index (χ0n) is 10.8. The molecule has 1 aliphatic heterocycles. The van der Waals surface area contributed by atoms with Crippen molar-refractivity contribution in [1.82, 2.24) is 15.1 Å². The topological polar surface area (TPSA) is 75.3 Å². The normalized spacial score (nSPS) is 15.2. The molecule has 0 radical (unpaired) electrons. The highest BCUT2D eigenvalue weighted by Crippen LogP contribution is 2.21. The maximum absolute atomic E-state index is 11.9. The number of aromatic amines is 1. The van der Waals surface area contributed by atoms with Crippen LogP contribution in [0.3, 0.4) is 0 Å². The van der Waals surface area contributed by atoms with Crippen LogP contribution in [0.15, 0.2) is 0 Å². The summed E-state index contributed by atoms with van der Waals surface area (Å²) >= 11 is 0. The fraction of sp³-hybridized carbons (Fsp3) is 0.583. The van der Waals surface area contributed by atoms with Crippen LogP contribution in [0.1, 0.15) is 42.5 Å². The highest BCUT2D eigenvalue weighted by molar-refractivity contribution is 5.75. The van der Waals surface area contributed by atoms with Gasteiger partial charge in [-0.05, 0) is 27.2 Å². The molecule has 0 fully saturated rings. The largest absolute Gasteiger partial charge is 0.444 e. The number of rotatable bonds is 1. The van der Waals surface area contributed by atoms with E-state index < -0.39 is 5.60 Å². The molecule has 0 atom stereocenters. The monoisotopic (exact) mass is 251 g/mol. The summed E-state index contributed by atoms with van der Waals surface area (Å²) in [6, 6.07) is 0. The zero-order valence-corrected chi connectivity index (χ0v) is 10.8. The van der Waals surface area contributed by atoms with Gasteiger partial charge in [0.05, 0.1) is 12.2 Å². The van der Waals surface area contributed by atoms with E-state index in [0.29, 0.717) is 25.2 Å². The lowest BCUT2D eigenvalue weighted by Gasteiger charge is -2.29. The first-order valence-electron chi connectivity index (χ1n) is 5.90. The molecule has 18 heavy (non-hydrogen) atoms. The third-order valence-corrected chi connectivity index (χ3v) is 2.73. The summed E-state index contributed by atoms with van der Waals surface area (Å²) in [5, 5.41) is 6.71. The van der Waals surface area contributed by atoms with Gasteiger partial charge in [-0.1, -0.05) is 0 Å². The molecule has 1 aromatic heterocycles. The molecule has 6 nitrogen and oxygen atoms in total. The molecule has 0 saturated carbocycles. The number of hydrogen-bond donors (Lipinski definition) is 1. The first-order chi connectivity index (χ1) is 8.40. The third-order valence-electron chi connectivity index (χ3n) is 2.73. The summed E-state index contributed by atoms with van der Waals surface area (Å²) in [6.45, 7) is 6.45. The first kappa shape index (κ1) is 12.6. The molecule has 1 aromatic rings. The molecule has 1 aliphatic rings. The van der Waals surface area contributed by atoms with Gasteiger partial charge in [-0.25, -0.2) is 4.79 Å². The molecule has 0 unspecified atom stereocenters. The van der Waals surface area contributed by atoms with Crippen LogP contribution in [0.2, 0.25) is 0 Å². The molecular weight excluding hydrogens is 234 g/mol. The number of fused-ring (bicyclic) bond motifs is 1. The number of aromatic nitrogens is 2. The van der Waals surface area contributed by atoms with Crippen molar-refractivity contribution < 1.29 is 14.3 Å². The number of hydrogen-bond acceptors (Lipinski definition) is 4. The molecule has 0 bridgehead atoms. The number of carbonyl (C=O) groups is 2. The van der Waals surface area contributed by atoms with E-state index in [0.717, 1.165) is 17.5 Å². The molecule has 0 aliphatic carbocycles. The highest BCUT2D eigenvalue weighted by Gasteiger charge is 2.28. The van der Waals surface area contributed by atoms with E-state index in [1.54, 1.807) is 4.90 Å². The van der Waals surface area contributed by atoms with Crippen molar-refractivity contribution in [3.8, 4) is 0 Å². The summed E-state index contributed by atoms with van der Waals surface area (Å²) < 4.78 is 5.31. The van der Waals surface area contributed by atoms with Gasteiger partial charge < -0.3 is 9.64 Å². The fourth-order valence-corrected chi connectivity index (χ4v) is 1.92. The average molecular weight is 251 g/mol. The van der Waals surface area contributed by atoms with Crippen molar-refractivity contribution in [2.24, 2.45) is 0 Å². The molecule has 2 rings (SSSR count). The van der Waals surface area contributed by atoms with Gasteiger partial charge in [0, 0.05) is 12.1 Å². The van der Waals surface area contributed by atoms with Crippen LogP contribution >= 0.6 is 0 Å². The number of ether oxygens (including phenoxy) is 1. The van der Waals surface area contributed by atoms with Crippen LogP contribution in [0.25, 0.3) is 0 Å². The number of nitrogens with zero attached hydrogens (tertiary/aromatic N) is 2. The van der Waals surface area contributed by atoms with Gasteiger partial charge in [-0.15, -0.1) is 0 Å². The van der Waals surface area contributed by atoms with Crippen LogP contribution in [0, 0.1) is 0 Å². The minimum atomic E-state index is -0.501. The molecular formula is C12H17N3O3. The van der Waals surface area contributed by atoms with Gasteiger partial charge in [0.25, 0.3) is 0 Å². The smallest absolute Gasteiger partial charge is 0.410 e. The predicted octanol–water partition coefficient (Wildman–Crippen LogP) is 1.52. The maximum Gasteiger partial charge on any atom is 0.410 e. The Morgan fingerprint density at radius 1 is 1.50 bits per heavy atom. The minimum absolute atomic E-state index is 0.338. The number of nitrogens with one attached hydrogen (secondary N) is 1. The molecule has 98 valence electrons. The Hall–Kier alpha value is -1.85. The number of aldehydes is 1. The number of carbonyl (C=O) groups excluding carboxylic acids is 2. The summed E-state index contributed by atoms with van der Waals surface area (Å²) in [5.74, 6) is 0. The molecule has 0 spiro atoms. The quantitative estimate of drug-likeness (QED) is 0.768. The van der Waals surface area contributed by atoms with Crippen LogP contribution in [0.5, 0.6) is 0 Å². The zero-order chi connectivity index (χ0) is 13.3. The predicted molar refractivity (Wildman–Crippen MR) is 64.3 cm³/mol. The fourth-order valence-electron chi connectivity index (χ4n) is 1.92.